The van der Waals surface area contributed by atoms with E-state index in [1.165, 1.54) is 0 Å². The van der Waals surface area contributed by atoms with Crippen LogP contribution in [0.4, 0.5) is 0 Å². The predicted octanol–water partition coefficient (Wildman–Crippen LogP) is 0.337. The first-order valence-electron chi connectivity index (χ1n) is 5.60. The summed E-state index contributed by atoms with van der Waals surface area (Å²) in [5.74, 6) is 1.10. The molecule has 15 heavy (non-hydrogen) atoms. The maximum absolute atomic E-state index is 11.5. The predicted molar refractivity (Wildman–Crippen MR) is 59.7 cm³/mol. The summed E-state index contributed by atoms with van der Waals surface area (Å²) in [6.45, 7) is 5.39. The zero-order valence-corrected chi connectivity index (χ0v) is 9.95. The summed E-state index contributed by atoms with van der Waals surface area (Å²) >= 11 is 0. The number of nitrogens with zero attached hydrogens (tertiary/aromatic N) is 1. The SMILES string of the molecule is COCCN(C)CCNC(=O)[C@H]1C[C@@H]1C. The fourth-order valence-electron chi connectivity index (χ4n) is 1.55. The molecule has 1 saturated carbocycles. The number of carbonyl (C=O) groups is 1. The monoisotopic (exact) mass is 214 g/mol. The van der Waals surface area contributed by atoms with Crippen molar-refractivity contribution in [2.24, 2.45) is 11.8 Å². The Morgan fingerprint density at radius 3 is 2.73 bits per heavy atom. The van der Waals surface area contributed by atoms with Crippen molar-refractivity contribution >= 4 is 5.91 Å². The van der Waals surface area contributed by atoms with Crippen LogP contribution < -0.4 is 5.32 Å². The molecule has 4 nitrogen and oxygen atoms in total. The Morgan fingerprint density at radius 1 is 1.53 bits per heavy atom. The summed E-state index contributed by atoms with van der Waals surface area (Å²) in [7, 11) is 3.73. The van der Waals surface area contributed by atoms with Gasteiger partial charge in [-0.05, 0) is 19.4 Å². The topological polar surface area (TPSA) is 41.6 Å². The van der Waals surface area contributed by atoms with E-state index >= 15 is 0 Å². The van der Waals surface area contributed by atoms with Crippen LogP contribution >= 0.6 is 0 Å². The largest absolute Gasteiger partial charge is 0.383 e. The molecule has 0 aromatic heterocycles. The molecule has 0 spiro atoms. The summed E-state index contributed by atoms with van der Waals surface area (Å²) in [6.07, 6.45) is 1.06. The molecule has 0 bridgehead atoms. The summed E-state index contributed by atoms with van der Waals surface area (Å²) in [5, 5.41) is 2.96. The molecule has 1 fully saturated rings. The molecule has 1 rings (SSSR count). The van der Waals surface area contributed by atoms with E-state index in [0.717, 1.165) is 32.7 Å². The van der Waals surface area contributed by atoms with Crippen molar-refractivity contribution in [3.05, 3.63) is 0 Å². The molecule has 1 N–H and O–H groups in total. The van der Waals surface area contributed by atoms with Crippen LogP contribution in [0.1, 0.15) is 13.3 Å². The number of methoxy groups -OCH3 is 1. The standard InChI is InChI=1S/C11H22N2O2/c1-9-8-10(9)11(14)12-4-5-13(2)6-7-15-3/h9-10H,4-8H2,1-3H3,(H,12,14)/t9-,10-/m0/s1. The van der Waals surface area contributed by atoms with Crippen LogP contribution in [-0.4, -0.2) is 51.2 Å². The average molecular weight is 214 g/mol. The highest BCUT2D eigenvalue weighted by Crippen LogP contribution is 2.37. The third-order valence-corrected chi connectivity index (χ3v) is 2.92. The lowest BCUT2D eigenvalue weighted by Gasteiger charge is -2.16. The van der Waals surface area contributed by atoms with Gasteiger partial charge in [0.15, 0.2) is 0 Å². The molecule has 1 amide bonds. The molecule has 0 heterocycles. The number of nitrogens with one attached hydrogen (secondary N) is 1. The van der Waals surface area contributed by atoms with Crippen molar-refractivity contribution in [3.8, 4) is 0 Å². The first-order chi connectivity index (χ1) is 7.15. The molecular formula is C11H22N2O2. The second-order valence-corrected chi connectivity index (χ2v) is 4.41. The average Bonchev–Trinajstić information content (AvgIpc) is 2.92. The molecule has 1 aliphatic carbocycles. The number of rotatable bonds is 7. The summed E-state index contributed by atoms with van der Waals surface area (Å²) < 4.78 is 4.97. The van der Waals surface area contributed by atoms with E-state index in [1.807, 2.05) is 7.05 Å². The third kappa shape index (κ3) is 4.62. The Bertz CT molecular complexity index is 209. The molecule has 0 aliphatic heterocycles. The minimum absolute atomic E-state index is 0.225. The first-order valence-corrected chi connectivity index (χ1v) is 5.60. The van der Waals surface area contributed by atoms with E-state index in [0.29, 0.717) is 5.92 Å². The number of hydrogen-bond donors (Lipinski definition) is 1. The van der Waals surface area contributed by atoms with Crippen molar-refractivity contribution in [1.82, 2.24) is 10.2 Å². The molecular weight excluding hydrogens is 192 g/mol. The smallest absolute Gasteiger partial charge is 0.223 e. The van der Waals surface area contributed by atoms with Gasteiger partial charge in [0.25, 0.3) is 0 Å². The van der Waals surface area contributed by atoms with Crippen molar-refractivity contribution in [2.45, 2.75) is 13.3 Å². The molecule has 1 aliphatic rings. The van der Waals surface area contributed by atoms with Gasteiger partial charge >= 0.3 is 0 Å². The Hall–Kier alpha value is -0.610. The fourth-order valence-corrected chi connectivity index (χ4v) is 1.55. The maximum Gasteiger partial charge on any atom is 0.223 e. The van der Waals surface area contributed by atoms with Crippen LogP contribution in [0.3, 0.4) is 0 Å². The van der Waals surface area contributed by atoms with Gasteiger partial charge in [-0.25, -0.2) is 0 Å². The molecule has 0 radical (unpaired) electrons. The normalized spacial score (nSPS) is 24.3. The number of likely N-dealkylation sites (N-methyl/N-ethyl adjacent to an activating group) is 1. The van der Waals surface area contributed by atoms with Crippen LogP contribution in [0, 0.1) is 11.8 Å². The zero-order valence-electron chi connectivity index (χ0n) is 9.95. The Morgan fingerprint density at radius 2 is 2.20 bits per heavy atom. The van der Waals surface area contributed by atoms with Gasteiger partial charge in [0.05, 0.1) is 6.61 Å². The van der Waals surface area contributed by atoms with Crippen LogP contribution in [0.25, 0.3) is 0 Å². The lowest BCUT2D eigenvalue weighted by molar-refractivity contribution is -0.122. The lowest BCUT2D eigenvalue weighted by Crippen LogP contribution is -2.35. The van der Waals surface area contributed by atoms with Crippen LogP contribution in [-0.2, 0) is 9.53 Å². The zero-order chi connectivity index (χ0) is 11.3. The van der Waals surface area contributed by atoms with Gasteiger partial charge in [-0.2, -0.15) is 0 Å². The van der Waals surface area contributed by atoms with Gasteiger partial charge in [-0.3, -0.25) is 4.79 Å². The quantitative estimate of drug-likeness (QED) is 0.664. The second kappa shape index (κ2) is 6.08. The summed E-state index contributed by atoms with van der Waals surface area (Å²) in [5.41, 5.74) is 0. The molecule has 2 atom stereocenters. The highest BCUT2D eigenvalue weighted by Gasteiger charge is 2.38. The van der Waals surface area contributed by atoms with E-state index in [1.54, 1.807) is 7.11 Å². The summed E-state index contributed by atoms with van der Waals surface area (Å²) in [4.78, 5) is 13.6. The summed E-state index contributed by atoms with van der Waals surface area (Å²) in [6, 6.07) is 0. The Labute approximate surface area is 92.0 Å². The second-order valence-electron chi connectivity index (χ2n) is 4.41. The van der Waals surface area contributed by atoms with E-state index in [4.69, 9.17) is 4.74 Å². The third-order valence-electron chi connectivity index (χ3n) is 2.92. The van der Waals surface area contributed by atoms with Gasteiger partial charge < -0.3 is 15.0 Å². The van der Waals surface area contributed by atoms with Crippen LogP contribution in [0.2, 0.25) is 0 Å². The van der Waals surface area contributed by atoms with Gasteiger partial charge in [-0.15, -0.1) is 0 Å². The number of amides is 1. The Balaban J connectivity index is 1.98. The minimum atomic E-state index is 0.225. The van der Waals surface area contributed by atoms with Crippen LogP contribution in [0.15, 0.2) is 0 Å². The van der Waals surface area contributed by atoms with Crippen LogP contribution in [0.5, 0.6) is 0 Å². The first kappa shape index (κ1) is 12.5. The molecule has 88 valence electrons. The van der Waals surface area contributed by atoms with Crippen molar-refractivity contribution < 1.29 is 9.53 Å². The van der Waals surface area contributed by atoms with Crippen molar-refractivity contribution in [3.63, 3.8) is 0 Å². The lowest BCUT2D eigenvalue weighted by atomic mass is 10.3. The molecule has 0 saturated heterocycles. The highest BCUT2D eigenvalue weighted by atomic mass is 16.5. The molecule has 0 aromatic carbocycles. The molecule has 0 unspecified atom stereocenters. The van der Waals surface area contributed by atoms with E-state index in [-0.39, 0.29) is 11.8 Å². The molecule has 4 heteroatoms. The van der Waals surface area contributed by atoms with E-state index in [9.17, 15) is 4.79 Å². The van der Waals surface area contributed by atoms with Gasteiger partial charge in [0.2, 0.25) is 5.91 Å². The van der Waals surface area contributed by atoms with Gasteiger partial charge in [0.1, 0.15) is 0 Å². The fraction of sp³-hybridized carbons (Fsp3) is 0.909. The molecule has 0 aromatic rings. The number of carbonyl (C=O) groups excluding carboxylic acids is 1. The van der Waals surface area contributed by atoms with Crippen molar-refractivity contribution in [1.29, 1.82) is 0 Å². The minimum Gasteiger partial charge on any atom is -0.383 e. The number of hydrogen-bond acceptors (Lipinski definition) is 3. The highest BCUT2D eigenvalue weighted by molar-refractivity contribution is 5.81. The van der Waals surface area contributed by atoms with Gasteiger partial charge in [0, 0.05) is 32.7 Å². The van der Waals surface area contributed by atoms with Gasteiger partial charge in [-0.1, -0.05) is 6.92 Å². The number of ether oxygens (including phenoxy) is 1. The van der Waals surface area contributed by atoms with Crippen molar-refractivity contribution in [2.75, 3.05) is 40.4 Å². The van der Waals surface area contributed by atoms with E-state index in [2.05, 4.69) is 17.1 Å². The maximum atomic E-state index is 11.5. The van der Waals surface area contributed by atoms with E-state index < -0.39 is 0 Å². The Kier molecular flexibility index (Phi) is 5.05.